The van der Waals surface area contributed by atoms with Crippen molar-refractivity contribution in [3.8, 4) is 0 Å². The van der Waals surface area contributed by atoms with Gasteiger partial charge in [-0.3, -0.25) is 4.79 Å². The maximum absolute atomic E-state index is 12.4. The van der Waals surface area contributed by atoms with E-state index < -0.39 is 0 Å². The number of carbonyl (C=O) groups is 1. The zero-order valence-corrected chi connectivity index (χ0v) is 14.8. The van der Waals surface area contributed by atoms with E-state index in [0.29, 0.717) is 10.0 Å². The van der Waals surface area contributed by atoms with Crippen LogP contribution in [0.15, 0.2) is 18.2 Å². The molecule has 0 aromatic heterocycles. The third-order valence-corrected chi connectivity index (χ3v) is 5.51. The first-order chi connectivity index (χ1) is 9.91. The van der Waals surface area contributed by atoms with E-state index in [-0.39, 0.29) is 16.5 Å². The van der Waals surface area contributed by atoms with Crippen molar-refractivity contribution in [3.05, 3.63) is 33.8 Å². The molecule has 3 nitrogen and oxygen atoms in total. The number of halogens is 2. The van der Waals surface area contributed by atoms with Gasteiger partial charge in [-0.2, -0.15) is 0 Å². The lowest BCUT2D eigenvalue weighted by atomic mass is 10.2. The molecule has 1 saturated heterocycles. The average Bonchev–Trinajstić information content (AvgIpc) is 2.66. The SMILES string of the molecule is C[C@@H]1S[C@H](c2c(Cl)cccc2Cl)N(CCCN(C)C)C1=O. The number of hydrogen-bond donors (Lipinski definition) is 0. The minimum atomic E-state index is -0.0872. The van der Waals surface area contributed by atoms with Crippen molar-refractivity contribution in [1.29, 1.82) is 0 Å². The van der Waals surface area contributed by atoms with Gasteiger partial charge in [0, 0.05) is 22.2 Å². The van der Waals surface area contributed by atoms with Crippen LogP contribution in [0, 0.1) is 0 Å². The Balaban J connectivity index is 2.21. The molecule has 0 spiro atoms. The molecule has 1 amide bonds. The van der Waals surface area contributed by atoms with Crippen LogP contribution >= 0.6 is 35.0 Å². The van der Waals surface area contributed by atoms with Crippen LogP contribution < -0.4 is 0 Å². The molecule has 1 aliphatic rings. The Labute approximate surface area is 140 Å². The summed E-state index contributed by atoms with van der Waals surface area (Å²) in [6, 6.07) is 5.49. The highest BCUT2D eigenvalue weighted by atomic mass is 35.5. The molecule has 116 valence electrons. The maximum atomic E-state index is 12.4. The number of hydrogen-bond acceptors (Lipinski definition) is 3. The normalized spacial score (nSPS) is 22.4. The highest BCUT2D eigenvalue weighted by Gasteiger charge is 2.39. The Kier molecular flexibility index (Phi) is 5.83. The van der Waals surface area contributed by atoms with Gasteiger partial charge < -0.3 is 9.80 Å². The van der Waals surface area contributed by atoms with Crippen molar-refractivity contribution in [1.82, 2.24) is 9.80 Å². The zero-order valence-electron chi connectivity index (χ0n) is 12.5. The van der Waals surface area contributed by atoms with Gasteiger partial charge in [0.25, 0.3) is 0 Å². The largest absolute Gasteiger partial charge is 0.325 e. The molecule has 2 atom stereocenters. The molecule has 1 heterocycles. The Morgan fingerprint density at radius 3 is 2.48 bits per heavy atom. The van der Waals surface area contributed by atoms with Crippen LogP contribution in [0.1, 0.15) is 24.3 Å². The predicted octanol–water partition coefficient (Wildman–Crippen LogP) is 3.91. The van der Waals surface area contributed by atoms with Gasteiger partial charge in [-0.05, 0) is 46.1 Å². The number of amides is 1. The minimum absolute atomic E-state index is 0.0540. The van der Waals surface area contributed by atoms with Crippen LogP contribution in [0.2, 0.25) is 10.0 Å². The summed E-state index contributed by atoms with van der Waals surface area (Å²) in [5.74, 6) is 0.166. The van der Waals surface area contributed by atoms with Crippen molar-refractivity contribution >= 4 is 40.9 Å². The van der Waals surface area contributed by atoms with Gasteiger partial charge in [-0.15, -0.1) is 11.8 Å². The molecule has 0 N–H and O–H groups in total. The van der Waals surface area contributed by atoms with Crippen molar-refractivity contribution in [2.24, 2.45) is 0 Å². The number of rotatable bonds is 5. The molecule has 1 fully saturated rings. The van der Waals surface area contributed by atoms with Crippen molar-refractivity contribution in [2.75, 3.05) is 27.2 Å². The number of benzene rings is 1. The second-order valence-corrected chi connectivity index (χ2v) is 7.69. The quantitative estimate of drug-likeness (QED) is 0.807. The Morgan fingerprint density at radius 2 is 1.90 bits per heavy atom. The molecular weight excluding hydrogens is 327 g/mol. The number of nitrogens with zero attached hydrogens (tertiary/aromatic N) is 2. The molecule has 1 aromatic rings. The first kappa shape index (κ1) is 16.9. The molecule has 0 bridgehead atoms. The van der Waals surface area contributed by atoms with Gasteiger partial charge in [-0.25, -0.2) is 0 Å². The molecule has 0 saturated carbocycles. The summed E-state index contributed by atoms with van der Waals surface area (Å²) in [7, 11) is 4.07. The molecule has 0 aliphatic carbocycles. The molecule has 0 radical (unpaired) electrons. The van der Waals surface area contributed by atoms with Crippen LogP contribution in [0.25, 0.3) is 0 Å². The van der Waals surface area contributed by atoms with Crippen molar-refractivity contribution < 1.29 is 4.79 Å². The Bertz CT molecular complexity index is 504. The van der Waals surface area contributed by atoms with E-state index >= 15 is 0 Å². The van der Waals surface area contributed by atoms with Gasteiger partial charge >= 0.3 is 0 Å². The van der Waals surface area contributed by atoms with Crippen LogP contribution in [-0.4, -0.2) is 48.1 Å². The maximum Gasteiger partial charge on any atom is 0.236 e. The Morgan fingerprint density at radius 1 is 1.29 bits per heavy atom. The summed E-state index contributed by atoms with van der Waals surface area (Å²) < 4.78 is 0. The van der Waals surface area contributed by atoms with E-state index in [4.69, 9.17) is 23.2 Å². The lowest BCUT2D eigenvalue weighted by molar-refractivity contribution is -0.129. The topological polar surface area (TPSA) is 23.6 Å². The van der Waals surface area contributed by atoms with Crippen LogP contribution in [-0.2, 0) is 4.79 Å². The Hall–Kier alpha value is -0.420. The highest BCUT2D eigenvalue weighted by molar-refractivity contribution is 8.01. The molecule has 1 aromatic carbocycles. The van der Waals surface area contributed by atoms with Gasteiger partial charge in [0.2, 0.25) is 5.91 Å². The molecule has 6 heteroatoms. The molecule has 2 rings (SSSR count). The zero-order chi connectivity index (χ0) is 15.6. The van der Waals surface area contributed by atoms with E-state index in [9.17, 15) is 4.79 Å². The first-order valence-electron chi connectivity index (χ1n) is 6.96. The number of thioether (sulfide) groups is 1. The summed E-state index contributed by atoms with van der Waals surface area (Å²) in [4.78, 5) is 16.4. The third kappa shape index (κ3) is 3.86. The van der Waals surface area contributed by atoms with E-state index in [0.717, 1.165) is 25.1 Å². The van der Waals surface area contributed by atoms with Crippen LogP contribution in [0.3, 0.4) is 0 Å². The summed E-state index contributed by atoms with van der Waals surface area (Å²) >= 11 is 14.2. The smallest absolute Gasteiger partial charge is 0.236 e. The van der Waals surface area contributed by atoms with Gasteiger partial charge in [0.15, 0.2) is 0 Å². The van der Waals surface area contributed by atoms with E-state index in [2.05, 4.69) is 4.90 Å². The van der Waals surface area contributed by atoms with Crippen LogP contribution in [0.5, 0.6) is 0 Å². The van der Waals surface area contributed by atoms with Gasteiger partial charge in [0.05, 0.1) is 5.25 Å². The summed E-state index contributed by atoms with van der Waals surface area (Å²) in [6.07, 6.45) is 0.935. The molecular formula is C15H20Cl2N2OS. The van der Waals surface area contributed by atoms with Crippen molar-refractivity contribution in [2.45, 2.75) is 24.0 Å². The van der Waals surface area contributed by atoms with Gasteiger partial charge in [-0.1, -0.05) is 29.3 Å². The van der Waals surface area contributed by atoms with E-state index in [1.165, 1.54) is 0 Å². The highest BCUT2D eigenvalue weighted by Crippen LogP contribution is 2.47. The second kappa shape index (κ2) is 7.23. The summed E-state index contributed by atoms with van der Waals surface area (Å²) in [6.45, 7) is 3.61. The fourth-order valence-corrected chi connectivity index (χ4v) is 4.55. The molecule has 0 unspecified atom stereocenters. The monoisotopic (exact) mass is 346 g/mol. The van der Waals surface area contributed by atoms with Crippen LogP contribution in [0.4, 0.5) is 0 Å². The predicted molar refractivity (Wildman–Crippen MR) is 91.1 cm³/mol. The average molecular weight is 347 g/mol. The van der Waals surface area contributed by atoms with Gasteiger partial charge in [0.1, 0.15) is 5.37 Å². The van der Waals surface area contributed by atoms with E-state index in [1.807, 2.05) is 44.1 Å². The summed E-state index contributed by atoms with van der Waals surface area (Å²) in [5, 5.41) is 1.11. The van der Waals surface area contributed by atoms with E-state index in [1.54, 1.807) is 11.8 Å². The third-order valence-electron chi connectivity index (χ3n) is 3.50. The minimum Gasteiger partial charge on any atom is -0.325 e. The lowest BCUT2D eigenvalue weighted by Crippen LogP contribution is -2.33. The van der Waals surface area contributed by atoms with Crippen molar-refractivity contribution in [3.63, 3.8) is 0 Å². The standard InChI is InChI=1S/C15H20Cl2N2OS/c1-10-14(20)19(9-5-8-18(2)3)15(21-10)13-11(16)6-4-7-12(13)17/h4,6-7,10,15H,5,8-9H2,1-3H3/t10-,15+/m0/s1. The first-order valence-corrected chi connectivity index (χ1v) is 8.66. The lowest BCUT2D eigenvalue weighted by Gasteiger charge is -2.26. The number of carbonyl (C=O) groups excluding carboxylic acids is 1. The second-order valence-electron chi connectivity index (χ2n) is 5.45. The fourth-order valence-electron chi connectivity index (χ4n) is 2.43. The summed E-state index contributed by atoms with van der Waals surface area (Å²) in [5.41, 5.74) is 0.855. The molecule has 1 aliphatic heterocycles. The molecule has 21 heavy (non-hydrogen) atoms. The fraction of sp³-hybridized carbons (Fsp3) is 0.533.